The average Bonchev–Trinajstić information content (AvgIpc) is 3.05. The maximum absolute atomic E-state index is 9.73. The van der Waals surface area contributed by atoms with Gasteiger partial charge < -0.3 is 4.57 Å². The molecule has 3 nitrogen and oxygen atoms in total. The molecule has 2 heterocycles. The fourth-order valence-electron chi connectivity index (χ4n) is 3.30. The molecule has 0 fully saturated rings. The molecule has 0 amide bonds. The summed E-state index contributed by atoms with van der Waals surface area (Å²) in [6.45, 7) is 2.66. The van der Waals surface area contributed by atoms with Gasteiger partial charge in [0.05, 0.1) is 17.2 Å². The van der Waals surface area contributed by atoms with Crippen LogP contribution in [0.3, 0.4) is 0 Å². The molecule has 0 aliphatic carbocycles. The first-order valence-corrected chi connectivity index (χ1v) is 9.87. The molecule has 0 N–H and O–H groups in total. The van der Waals surface area contributed by atoms with Crippen molar-refractivity contribution in [2.45, 2.75) is 13.5 Å². The third kappa shape index (κ3) is 4.19. The van der Waals surface area contributed by atoms with Crippen LogP contribution < -0.4 is 0 Å². The molecule has 2 aromatic heterocycles. The van der Waals surface area contributed by atoms with Crippen molar-refractivity contribution < 1.29 is 0 Å². The van der Waals surface area contributed by atoms with Gasteiger partial charge in [-0.25, -0.2) is 4.98 Å². The Balaban J connectivity index is 1.81. The van der Waals surface area contributed by atoms with E-state index in [1.165, 1.54) is 0 Å². The van der Waals surface area contributed by atoms with E-state index in [4.69, 9.17) is 23.2 Å². The smallest absolute Gasteiger partial charge is 0.129 e. The van der Waals surface area contributed by atoms with Crippen LogP contribution in [0, 0.1) is 18.3 Å². The van der Waals surface area contributed by atoms with Crippen molar-refractivity contribution in [1.82, 2.24) is 9.55 Å². The first-order valence-electron chi connectivity index (χ1n) is 9.11. The predicted octanol–water partition coefficient (Wildman–Crippen LogP) is 6.76. The molecule has 0 bridgehead atoms. The number of aromatic nitrogens is 2. The van der Waals surface area contributed by atoms with Gasteiger partial charge in [-0.05, 0) is 42.3 Å². The van der Waals surface area contributed by atoms with Crippen molar-refractivity contribution in [3.05, 3.63) is 99.4 Å². The Bertz CT molecular complexity index is 1240. The quantitative estimate of drug-likeness (QED) is 0.271. The Kier molecular flexibility index (Phi) is 5.40. The Morgan fingerprint density at radius 1 is 1.10 bits per heavy atom. The molecule has 4 rings (SSSR count). The molecule has 29 heavy (non-hydrogen) atoms. The van der Waals surface area contributed by atoms with E-state index in [0.29, 0.717) is 22.3 Å². The van der Waals surface area contributed by atoms with Crippen molar-refractivity contribution in [2.75, 3.05) is 0 Å². The van der Waals surface area contributed by atoms with E-state index < -0.39 is 0 Å². The van der Waals surface area contributed by atoms with Crippen molar-refractivity contribution in [2.24, 2.45) is 0 Å². The number of benzene rings is 2. The molecule has 5 heteroatoms. The van der Waals surface area contributed by atoms with Crippen LogP contribution in [-0.4, -0.2) is 9.55 Å². The summed E-state index contributed by atoms with van der Waals surface area (Å²) in [5.74, 6) is 0. The Labute approximate surface area is 179 Å². The zero-order valence-corrected chi connectivity index (χ0v) is 17.2. The van der Waals surface area contributed by atoms with Crippen molar-refractivity contribution in [3.63, 3.8) is 0 Å². The summed E-state index contributed by atoms with van der Waals surface area (Å²) in [4.78, 5) is 4.16. The number of hydrogen-bond donors (Lipinski definition) is 0. The maximum Gasteiger partial charge on any atom is 0.129 e. The van der Waals surface area contributed by atoms with Crippen LogP contribution in [0.1, 0.15) is 22.3 Å². The summed E-state index contributed by atoms with van der Waals surface area (Å²) in [6, 6.07) is 19.8. The zero-order chi connectivity index (χ0) is 20.4. The molecule has 0 atom stereocenters. The molecule has 0 saturated carbocycles. The molecule has 0 radical (unpaired) electrons. The number of hydrogen-bond acceptors (Lipinski definition) is 2. The monoisotopic (exact) mass is 417 g/mol. The lowest BCUT2D eigenvalue weighted by Gasteiger charge is -2.05. The van der Waals surface area contributed by atoms with Crippen LogP contribution in [0.15, 0.2) is 67.0 Å². The van der Waals surface area contributed by atoms with Crippen molar-refractivity contribution in [3.8, 4) is 6.07 Å². The number of pyridine rings is 1. The molecule has 0 spiro atoms. The second-order valence-electron chi connectivity index (χ2n) is 6.90. The summed E-state index contributed by atoms with van der Waals surface area (Å²) in [6.07, 6.45) is 5.74. The van der Waals surface area contributed by atoms with E-state index in [2.05, 4.69) is 15.6 Å². The topological polar surface area (TPSA) is 41.6 Å². The van der Waals surface area contributed by atoms with Crippen molar-refractivity contribution in [1.29, 1.82) is 5.26 Å². The minimum absolute atomic E-state index is 0.467. The van der Waals surface area contributed by atoms with Gasteiger partial charge in [0.2, 0.25) is 0 Å². The van der Waals surface area contributed by atoms with Gasteiger partial charge >= 0.3 is 0 Å². The van der Waals surface area contributed by atoms with Gasteiger partial charge in [-0.15, -0.1) is 0 Å². The van der Waals surface area contributed by atoms with E-state index >= 15 is 0 Å². The summed E-state index contributed by atoms with van der Waals surface area (Å²) in [5.41, 5.74) is 5.67. The zero-order valence-electron chi connectivity index (χ0n) is 15.7. The van der Waals surface area contributed by atoms with E-state index in [1.54, 1.807) is 12.3 Å². The van der Waals surface area contributed by atoms with Gasteiger partial charge in [0, 0.05) is 34.9 Å². The highest BCUT2D eigenvalue weighted by Gasteiger charge is 2.10. The fraction of sp³-hybridized carbons (Fsp3) is 0.0833. The lowest BCUT2D eigenvalue weighted by Crippen LogP contribution is -1.98. The Morgan fingerprint density at radius 2 is 1.90 bits per heavy atom. The van der Waals surface area contributed by atoms with Crippen LogP contribution >= 0.6 is 23.2 Å². The summed E-state index contributed by atoms with van der Waals surface area (Å²) in [7, 11) is 0. The van der Waals surface area contributed by atoms with Crippen LogP contribution in [0.4, 0.5) is 0 Å². The fourth-order valence-corrected chi connectivity index (χ4v) is 3.58. The molecule has 0 unspecified atom stereocenters. The standard InChI is InChI=1S/C24H17Cl2N3/c1-16-2-5-18(6-3-16)19(12-27)10-20-15-29(14-17-4-9-24(26)28-13-17)23-11-21(25)7-8-22(20)23/h2-11,13,15H,14H2,1H3/b19-10+. The SMILES string of the molecule is Cc1ccc(/C(C#N)=C/c2cn(Cc3ccc(Cl)nc3)c3cc(Cl)ccc23)cc1. The highest BCUT2D eigenvalue weighted by atomic mass is 35.5. The summed E-state index contributed by atoms with van der Waals surface area (Å²) < 4.78 is 2.11. The Morgan fingerprint density at radius 3 is 2.59 bits per heavy atom. The number of aryl methyl sites for hydroxylation is 1. The number of nitrogens with zero attached hydrogens (tertiary/aromatic N) is 3. The van der Waals surface area contributed by atoms with Gasteiger partial charge in [0.25, 0.3) is 0 Å². The van der Waals surface area contributed by atoms with E-state index in [9.17, 15) is 5.26 Å². The molecule has 0 aliphatic heterocycles. The normalized spacial score (nSPS) is 11.6. The first kappa shape index (κ1) is 19.3. The van der Waals surface area contributed by atoms with Gasteiger partial charge in [0.15, 0.2) is 0 Å². The first-order chi connectivity index (χ1) is 14.0. The maximum atomic E-state index is 9.73. The van der Waals surface area contributed by atoms with Crippen LogP contribution in [0.5, 0.6) is 0 Å². The summed E-state index contributed by atoms with van der Waals surface area (Å²) >= 11 is 12.2. The van der Waals surface area contributed by atoms with Crippen LogP contribution in [-0.2, 0) is 6.54 Å². The molecule has 2 aromatic carbocycles. The molecule has 0 aliphatic rings. The third-order valence-electron chi connectivity index (χ3n) is 4.80. The molecular formula is C24H17Cl2N3. The second kappa shape index (κ2) is 8.13. The van der Waals surface area contributed by atoms with E-state index in [-0.39, 0.29) is 0 Å². The minimum atomic E-state index is 0.467. The molecule has 0 saturated heterocycles. The number of fused-ring (bicyclic) bond motifs is 1. The van der Waals surface area contributed by atoms with Gasteiger partial charge in [-0.2, -0.15) is 5.26 Å². The highest BCUT2D eigenvalue weighted by Crippen LogP contribution is 2.29. The lowest BCUT2D eigenvalue weighted by molar-refractivity contribution is 0.831. The second-order valence-corrected chi connectivity index (χ2v) is 7.72. The van der Waals surface area contributed by atoms with E-state index in [1.807, 2.05) is 67.7 Å². The number of halogens is 2. The third-order valence-corrected chi connectivity index (χ3v) is 5.26. The van der Waals surface area contributed by atoms with Crippen LogP contribution in [0.25, 0.3) is 22.6 Å². The minimum Gasteiger partial charge on any atom is -0.342 e. The van der Waals surface area contributed by atoms with Gasteiger partial charge in [-0.1, -0.05) is 65.2 Å². The highest BCUT2D eigenvalue weighted by molar-refractivity contribution is 6.31. The van der Waals surface area contributed by atoms with Gasteiger partial charge in [0.1, 0.15) is 5.15 Å². The number of allylic oxidation sites excluding steroid dienone is 1. The lowest BCUT2D eigenvalue weighted by atomic mass is 10.0. The average molecular weight is 418 g/mol. The number of rotatable bonds is 4. The van der Waals surface area contributed by atoms with Gasteiger partial charge in [-0.3, -0.25) is 0 Å². The molecule has 4 aromatic rings. The van der Waals surface area contributed by atoms with Crippen molar-refractivity contribution >= 4 is 45.8 Å². The van der Waals surface area contributed by atoms with E-state index in [0.717, 1.165) is 33.2 Å². The van der Waals surface area contributed by atoms with Crippen LogP contribution in [0.2, 0.25) is 10.2 Å². The largest absolute Gasteiger partial charge is 0.342 e. The summed E-state index contributed by atoms with van der Waals surface area (Å²) in [5, 5.41) is 11.9. The Hall–Kier alpha value is -3.06. The molecule has 142 valence electrons. The molecular weight excluding hydrogens is 401 g/mol. The predicted molar refractivity (Wildman–Crippen MR) is 120 cm³/mol. The number of nitriles is 1.